The van der Waals surface area contributed by atoms with Crippen LogP contribution >= 0.6 is 11.3 Å². The highest BCUT2D eigenvalue weighted by atomic mass is 32.1. The molecule has 6 nitrogen and oxygen atoms in total. The first kappa shape index (κ1) is 18.1. The summed E-state index contributed by atoms with van der Waals surface area (Å²) < 4.78 is 0. The zero-order valence-electron chi connectivity index (χ0n) is 14.1. The van der Waals surface area contributed by atoms with Gasteiger partial charge in [-0.1, -0.05) is 32.1 Å². The summed E-state index contributed by atoms with van der Waals surface area (Å²) in [5, 5.41) is 15.0. The van der Waals surface area contributed by atoms with Gasteiger partial charge in [-0.15, -0.1) is 10.2 Å². The highest BCUT2D eigenvalue weighted by molar-refractivity contribution is 7.15. The largest absolute Gasteiger partial charge is 0.326 e. The SMILES string of the molecule is CCCC(=O)Nc1ccc(C(=O)Nc2nnc(CC(C)C)s2)cc1. The molecule has 1 heterocycles. The van der Waals surface area contributed by atoms with Gasteiger partial charge in [0.25, 0.3) is 5.91 Å². The van der Waals surface area contributed by atoms with Crippen molar-refractivity contribution in [2.45, 2.75) is 40.0 Å². The molecule has 24 heavy (non-hydrogen) atoms. The molecule has 1 aromatic heterocycles. The fourth-order valence-corrected chi connectivity index (χ4v) is 3.01. The minimum absolute atomic E-state index is 0.0266. The van der Waals surface area contributed by atoms with Gasteiger partial charge in [0.2, 0.25) is 11.0 Å². The van der Waals surface area contributed by atoms with Crippen LogP contribution in [0.25, 0.3) is 0 Å². The Morgan fingerprint density at radius 2 is 1.83 bits per heavy atom. The summed E-state index contributed by atoms with van der Waals surface area (Å²) in [5.41, 5.74) is 1.18. The number of hydrogen-bond donors (Lipinski definition) is 2. The molecule has 0 aliphatic carbocycles. The molecule has 2 rings (SSSR count). The van der Waals surface area contributed by atoms with Crippen molar-refractivity contribution in [3.05, 3.63) is 34.8 Å². The Hall–Kier alpha value is -2.28. The smallest absolute Gasteiger partial charge is 0.257 e. The minimum Gasteiger partial charge on any atom is -0.326 e. The van der Waals surface area contributed by atoms with E-state index in [1.807, 2.05) is 6.92 Å². The van der Waals surface area contributed by atoms with Gasteiger partial charge in [0, 0.05) is 24.1 Å². The lowest BCUT2D eigenvalue weighted by molar-refractivity contribution is -0.116. The Morgan fingerprint density at radius 3 is 2.46 bits per heavy atom. The van der Waals surface area contributed by atoms with Gasteiger partial charge >= 0.3 is 0 Å². The van der Waals surface area contributed by atoms with Crippen LogP contribution in [0.2, 0.25) is 0 Å². The summed E-state index contributed by atoms with van der Waals surface area (Å²) in [7, 11) is 0. The molecule has 2 amide bonds. The van der Waals surface area contributed by atoms with Gasteiger partial charge in [-0.25, -0.2) is 0 Å². The normalized spacial score (nSPS) is 10.7. The van der Waals surface area contributed by atoms with E-state index in [2.05, 4.69) is 34.7 Å². The second kappa shape index (κ2) is 8.54. The highest BCUT2D eigenvalue weighted by Gasteiger charge is 2.11. The number of nitrogens with one attached hydrogen (secondary N) is 2. The van der Waals surface area contributed by atoms with E-state index in [0.29, 0.717) is 28.7 Å². The van der Waals surface area contributed by atoms with Crippen molar-refractivity contribution < 1.29 is 9.59 Å². The number of anilines is 2. The molecule has 0 fully saturated rings. The van der Waals surface area contributed by atoms with Crippen molar-refractivity contribution in [3.63, 3.8) is 0 Å². The first-order chi connectivity index (χ1) is 11.5. The number of nitrogens with zero attached hydrogens (tertiary/aromatic N) is 2. The van der Waals surface area contributed by atoms with Crippen LogP contribution in [0.5, 0.6) is 0 Å². The number of benzene rings is 1. The average molecular weight is 346 g/mol. The topological polar surface area (TPSA) is 84.0 Å². The number of carbonyl (C=O) groups excluding carboxylic acids is 2. The average Bonchev–Trinajstić information content (AvgIpc) is 2.94. The lowest BCUT2D eigenvalue weighted by Crippen LogP contribution is -2.13. The fraction of sp³-hybridized carbons (Fsp3) is 0.412. The summed E-state index contributed by atoms with van der Waals surface area (Å²) in [6.07, 6.45) is 2.13. The fourth-order valence-electron chi connectivity index (χ4n) is 2.06. The number of carbonyl (C=O) groups is 2. The molecule has 0 radical (unpaired) electrons. The molecule has 7 heteroatoms. The van der Waals surface area contributed by atoms with Crippen LogP contribution in [-0.2, 0) is 11.2 Å². The van der Waals surface area contributed by atoms with Crippen molar-refractivity contribution in [2.24, 2.45) is 5.92 Å². The van der Waals surface area contributed by atoms with E-state index in [4.69, 9.17) is 0 Å². The molecule has 0 spiro atoms. The molecular formula is C17H22N4O2S. The van der Waals surface area contributed by atoms with Crippen molar-refractivity contribution in [1.82, 2.24) is 10.2 Å². The van der Waals surface area contributed by atoms with E-state index >= 15 is 0 Å². The molecule has 0 saturated carbocycles. The Labute approximate surface area is 145 Å². The molecule has 0 aliphatic rings. The van der Waals surface area contributed by atoms with Crippen LogP contribution in [0.1, 0.15) is 49.0 Å². The molecule has 0 saturated heterocycles. The maximum atomic E-state index is 12.2. The molecule has 0 atom stereocenters. The lowest BCUT2D eigenvalue weighted by Gasteiger charge is -2.05. The predicted octanol–water partition coefficient (Wildman–Crippen LogP) is 3.73. The van der Waals surface area contributed by atoms with E-state index in [9.17, 15) is 9.59 Å². The summed E-state index contributed by atoms with van der Waals surface area (Å²) in [5.74, 6) is 0.229. The zero-order chi connectivity index (χ0) is 17.5. The van der Waals surface area contributed by atoms with E-state index in [0.717, 1.165) is 17.8 Å². The monoisotopic (exact) mass is 346 g/mol. The molecule has 0 aliphatic heterocycles. The van der Waals surface area contributed by atoms with E-state index in [1.165, 1.54) is 11.3 Å². The molecule has 0 unspecified atom stereocenters. The van der Waals surface area contributed by atoms with E-state index in [-0.39, 0.29) is 11.8 Å². The Balaban J connectivity index is 1.95. The standard InChI is InChI=1S/C17H22N4O2S/c1-4-5-14(22)18-13-8-6-12(7-9-13)16(23)19-17-21-20-15(24-17)10-11(2)3/h6-9,11H,4-5,10H2,1-3H3,(H,18,22)(H,19,21,23). The summed E-state index contributed by atoms with van der Waals surface area (Å²) >= 11 is 1.39. The summed E-state index contributed by atoms with van der Waals surface area (Å²) in [6, 6.07) is 6.78. The first-order valence-electron chi connectivity index (χ1n) is 8.01. The second-order valence-electron chi connectivity index (χ2n) is 5.93. The summed E-state index contributed by atoms with van der Waals surface area (Å²) in [4.78, 5) is 23.8. The Kier molecular flexibility index (Phi) is 6.43. The third kappa shape index (κ3) is 5.42. The summed E-state index contributed by atoms with van der Waals surface area (Å²) in [6.45, 7) is 6.17. The molecule has 0 bridgehead atoms. The van der Waals surface area contributed by atoms with Gasteiger partial charge in [-0.3, -0.25) is 14.9 Å². The quantitative estimate of drug-likeness (QED) is 0.800. The van der Waals surface area contributed by atoms with Crippen LogP contribution in [0.3, 0.4) is 0 Å². The van der Waals surface area contributed by atoms with Crippen molar-refractivity contribution in [1.29, 1.82) is 0 Å². The van der Waals surface area contributed by atoms with Crippen LogP contribution in [0.15, 0.2) is 24.3 Å². The van der Waals surface area contributed by atoms with Crippen LogP contribution < -0.4 is 10.6 Å². The number of aromatic nitrogens is 2. The maximum absolute atomic E-state index is 12.2. The van der Waals surface area contributed by atoms with E-state index < -0.39 is 0 Å². The van der Waals surface area contributed by atoms with Gasteiger partial charge in [-0.2, -0.15) is 0 Å². The lowest BCUT2D eigenvalue weighted by atomic mass is 10.1. The van der Waals surface area contributed by atoms with Crippen LogP contribution in [0, 0.1) is 5.92 Å². The number of amides is 2. The third-order valence-electron chi connectivity index (χ3n) is 3.18. The number of rotatable bonds is 7. The zero-order valence-corrected chi connectivity index (χ0v) is 14.9. The Morgan fingerprint density at radius 1 is 1.12 bits per heavy atom. The van der Waals surface area contributed by atoms with Gasteiger partial charge < -0.3 is 5.32 Å². The van der Waals surface area contributed by atoms with Crippen molar-refractivity contribution in [2.75, 3.05) is 10.6 Å². The molecule has 128 valence electrons. The molecule has 2 aromatic rings. The Bertz CT molecular complexity index is 695. The van der Waals surface area contributed by atoms with Gasteiger partial charge in [0.15, 0.2) is 0 Å². The minimum atomic E-state index is -0.242. The third-order valence-corrected chi connectivity index (χ3v) is 4.04. The van der Waals surface area contributed by atoms with Crippen LogP contribution in [0.4, 0.5) is 10.8 Å². The van der Waals surface area contributed by atoms with Gasteiger partial charge in [0.1, 0.15) is 5.01 Å². The molecular weight excluding hydrogens is 324 g/mol. The second-order valence-corrected chi connectivity index (χ2v) is 6.99. The maximum Gasteiger partial charge on any atom is 0.257 e. The highest BCUT2D eigenvalue weighted by Crippen LogP contribution is 2.19. The van der Waals surface area contributed by atoms with Crippen molar-refractivity contribution >= 4 is 34.0 Å². The van der Waals surface area contributed by atoms with E-state index in [1.54, 1.807) is 24.3 Å². The number of hydrogen-bond acceptors (Lipinski definition) is 5. The van der Waals surface area contributed by atoms with Gasteiger partial charge in [0.05, 0.1) is 0 Å². The van der Waals surface area contributed by atoms with Gasteiger partial charge in [-0.05, 0) is 36.6 Å². The molecule has 1 aromatic carbocycles. The molecule has 2 N–H and O–H groups in total. The van der Waals surface area contributed by atoms with Crippen LogP contribution in [-0.4, -0.2) is 22.0 Å². The first-order valence-corrected chi connectivity index (χ1v) is 8.83. The van der Waals surface area contributed by atoms with Crippen molar-refractivity contribution in [3.8, 4) is 0 Å². The predicted molar refractivity (Wildman–Crippen MR) is 96.4 cm³/mol.